The van der Waals surface area contributed by atoms with E-state index in [0.29, 0.717) is 6.04 Å². The van der Waals surface area contributed by atoms with E-state index in [9.17, 15) is 0 Å². The standard InChI is InChI=1S/C15H19N3S2/c1-20-13-9-5-8-12(10-13)18-14(16-17-15(18)19)11-6-3-2-4-7-11/h2-4,6-7,12-13H,5,8-10H2,1H3,(H,17,19). The molecular formula is C15H19N3S2. The molecule has 5 heteroatoms. The summed E-state index contributed by atoms with van der Waals surface area (Å²) in [5.74, 6) is 0.974. The van der Waals surface area contributed by atoms with E-state index in [-0.39, 0.29) is 0 Å². The van der Waals surface area contributed by atoms with Crippen LogP contribution in [0, 0.1) is 4.77 Å². The van der Waals surface area contributed by atoms with Gasteiger partial charge < -0.3 is 0 Å². The maximum atomic E-state index is 5.47. The molecule has 0 bridgehead atoms. The van der Waals surface area contributed by atoms with Crippen molar-refractivity contribution in [2.45, 2.75) is 37.0 Å². The normalized spacial score (nSPS) is 22.9. The molecule has 0 spiro atoms. The van der Waals surface area contributed by atoms with E-state index in [1.165, 1.54) is 25.7 Å². The van der Waals surface area contributed by atoms with Crippen LogP contribution in [0.3, 0.4) is 0 Å². The number of nitrogens with one attached hydrogen (secondary N) is 1. The molecule has 3 nitrogen and oxygen atoms in total. The highest BCUT2D eigenvalue weighted by Crippen LogP contribution is 2.36. The number of aromatic nitrogens is 3. The smallest absolute Gasteiger partial charge is 0.195 e. The molecule has 0 aliphatic heterocycles. The fourth-order valence-corrected chi connectivity index (χ4v) is 4.10. The van der Waals surface area contributed by atoms with E-state index in [0.717, 1.165) is 21.4 Å². The molecule has 1 aliphatic carbocycles. The van der Waals surface area contributed by atoms with Crippen LogP contribution in [0.1, 0.15) is 31.7 Å². The number of hydrogen-bond acceptors (Lipinski definition) is 3. The van der Waals surface area contributed by atoms with Crippen LogP contribution >= 0.6 is 24.0 Å². The van der Waals surface area contributed by atoms with E-state index >= 15 is 0 Å². The monoisotopic (exact) mass is 305 g/mol. The fraction of sp³-hybridized carbons (Fsp3) is 0.467. The quantitative estimate of drug-likeness (QED) is 0.850. The van der Waals surface area contributed by atoms with Crippen LogP contribution in [0.2, 0.25) is 0 Å². The van der Waals surface area contributed by atoms with E-state index in [4.69, 9.17) is 12.2 Å². The molecular weight excluding hydrogens is 286 g/mol. The third-order valence-electron chi connectivity index (χ3n) is 4.03. The minimum atomic E-state index is 0.475. The number of nitrogens with zero attached hydrogens (tertiary/aromatic N) is 2. The Labute approximate surface area is 128 Å². The van der Waals surface area contributed by atoms with Gasteiger partial charge in [0.2, 0.25) is 0 Å². The molecule has 0 radical (unpaired) electrons. The van der Waals surface area contributed by atoms with E-state index < -0.39 is 0 Å². The highest BCUT2D eigenvalue weighted by molar-refractivity contribution is 7.99. The van der Waals surface area contributed by atoms with E-state index in [1.807, 2.05) is 30.0 Å². The Kier molecular flexibility index (Phi) is 4.27. The summed E-state index contributed by atoms with van der Waals surface area (Å²) in [6, 6.07) is 10.8. The van der Waals surface area contributed by atoms with Crippen LogP contribution in [0.5, 0.6) is 0 Å². The van der Waals surface area contributed by atoms with Gasteiger partial charge in [-0.25, -0.2) is 0 Å². The van der Waals surface area contributed by atoms with Crippen molar-refractivity contribution in [1.82, 2.24) is 14.8 Å². The average molecular weight is 305 g/mol. The number of H-pyrrole nitrogens is 1. The van der Waals surface area contributed by atoms with Crippen LogP contribution < -0.4 is 0 Å². The van der Waals surface area contributed by atoms with Gasteiger partial charge in [0.05, 0.1) is 0 Å². The van der Waals surface area contributed by atoms with Crippen molar-refractivity contribution in [3.8, 4) is 11.4 Å². The van der Waals surface area contributed by atoms with Gasteiger partial charge >= 0.3 is 0 Å². The van der Waals surface area contributed by atoms with Crippen LogP contribution in [-0.2, 0) is 0 Å². The molecule has 0 amide bonds. The molecule has 2 atom stereocenters. The Morgan fingerprint density at radius 3 is 2.85 bits per heavy atom. The van der Waals surface area contributed by atoms with Crippen LogP contribution in [-0.4, -0.2) is 26.3 Å². The van der Waals surface area contributed by atoms with Gasteiger partial charge in [0.25, 0.3) is 0 Å². The number of benzene rings is 1. The lowest BCUT2D eigenvalue weighted by atomic mass is 9.94. The van der Waals surface area contributed by atoms with Crippen molar-refractivity contribution in [2.24, 2.45) is 0 Å². The first-order chi connectivity index (χ1) is 9.79. The molecule has 0 saturated heterocycles. The van der Waals surface area contributed by atoms with Crippen LogP contribution in [0.4, 0.5) is 0 Å². The van der Waals surface area contributed by atoms with Gasteiger partial charge in [0.15, 0.2) is 10.6 Å². The summed E-state index contributed by atoms with van der Waals surface area (Å²) >= 11 is 7.44. The fourth-order valence-electron chi connectivity index (χ4n) is 3.00. The molecule has 1 saturated carbocycles. The second kappa shape index (κ2) is 6.14. The molecule has 1 aromatic heterocycles. The third kappa shape index (κ3) is 2.69. The lowest BCUT2D eigenvalue weighted by Gasteiger charge is -2.29. The third-order valence-corrected chi connectivity index (χ3v) is 5.42. The summed E-state index contributed by atoms with van der Waals surface area (Å²) in [5.41, 5.74) is 1.13. The maximum Gasteiger partial charge on any atom is 0.195 e. The zero-order valence-corrected chi connectivity index (χ0v) is 13.2. The molecule has 1 heterocycles. The average Bonchev–Trinajstić information content (AvgIpc) is 2.90. The Balaban J connectivity index is 1.97. The first-order valence-electron chi connectivity index (χ1n) is 7.04. The van der Waals surface area contributed by atoms with Gasteiger partial charge in [0.1, 0.15) is 0 Å². The lowest BCUT2D eigenvalue weighted by molar-refractivity contribution is 0.360. The highest BCUT2D eigenvalue weighted by atomic mass is 32.2. The van der Waals surface area contributed by atoms with E-state index in [2.05, 4.69) is 33.2 Å². The highest BCUT2D eigenvalue weighted by Gasteiger charge is 2.25. The van der Waals surface area contributed by atoms with Crippen LogP contribution in [0.15, 0.2) is 30.3 Å². The van der Waals surface area contributed by atoms with Crippen molar-refractivity contribution in [3.05, 3.63) is 35.1 Å². The second-order valence-electron chi connectivity index (χ2n) is 5.27. The molecule has 3 rings (SSSR count). The Morgan fingerprint density at radius 1 is 1.30 bits per heavy atom. The van der Waals surface area contributed by atoms with Gasteiger partial charge in [-0.1, -0.05) is 36.8 Å². The molecule has 1 N–H and O–H groups in total. The number of rotatable bonds is 3. The first kappa shape index (κ1) is 13.9. The summed E-state index contributed by atoms with van der Waals surface area (Å²) in [7, 11) is 0. The predicted octanol–water partition coefficient (Wildman–Crippen LogP) is 4.45. The summed E-state index contributed by atoms with van der Waals surface area (Å²) in [5, 5.41) is 8.17. The molecule has 2 aromatic rings. The Morgan fingerprint density at radius 2 is 2.10 bits per heavy atom. The molecule has 2 unspecified atom stereocenters. The topological polar surface area (TPSA) is 33.6 Å². The molecule has 1 aromatic carbocycles. The number of hydrogen-bond donors (Lipinski definition) is 1. The Hall–Kier alpha value is -1.07. The summed E-state index contributed by atoms with van der Waals surface area (Å²) < 4.78 is 2.98. The first-order valence-corrected chi connectivity index (χ1v) is 8.74. The molecule has 1 aliphatic rings. The SMILES string of the molecule is CSC1CCCC(n2c(-c3ccccc3)n[nH]c2=S)C1. The van der Waals surface area contributed by atoms with Crippen molar-refractivity contribution in [2.75, 3.05) is 6.26 Å². The van der Waals surface area contributed by atoms with Gasteiger partial charge in [-0.3, -0.25) is 9.67 Å². The number of aromatic amines is 1. The zero-order valence-electron chi connectivity index (χ0n) is 11.6. The van der Waals surface area contributed by atoms with Crippen molar-refractivity contribution in [3.63, 3.8) is 0 Å². The number of thioether (sulfide) groups is 1. The zero-order chi connectivity index (χ0) is 13.9. The molecule has 20 heavy (non-hydrogen) atoms. The minimum Gasteiger partial charge on any atom is -0.297 e. The summed E-state index contributed by atoms with van der Waals surface area (Å²) in [6.07, 6.45) is 7.19. The van der Waals surface area contributed by atoms with Crippen molar-refractivity contribution < 1.29 is 0 Å². The predicted molar refractivity (Wildman–Crippen MR) is 87.7 cm³/mol. The van der Waals surface area contributed by atoms with Gasteiger partial charge in [0, 0.05) is 16.9 Å². The maximum absolute atomic E-state index is 5.47. The largest absolute Gasteiger partial charge is 0.297 e. The van der Waals surface area contributed by atoms with Crippen LogP contribution in [0.25, 0.3) is 11.4 Å². The Bertz CT molecular complexity index is 618. The minimum absolute atomic E-state index is 0.475. The van der Waals surface area contributed by atoms with Crippen molar-refractivity contribution in [1.29, 1.82) is 0 Å². The van der Waals surface area contributed by atoms with E-state index in [1.54, 1.807) is 0 Å². The molecule has 1 fully saturated rings. The summed E-state index contributed by atoms with van der Waals surface area (Å²) in [6.45, 7) is 0. The second-order valence-corrected chi connectivity index (χ2v) is 6.79. The van der Waals surface area contributed by atoms with Gasteiger partial charge in [-0.2, -0.15) is 16.9 Å². The van der Waals surface area contributed by atoms with Crippen molar-refractivity contribution >= 4 is 24.0 Å². The van der Waals surface area contributed by atoms with Gasteiger partial charge in [-0.05, 0) is 37.7 Å². The van der Waals surface area contributed by atoms with Gasteiger partial charge in [-0.15, -0.1) is 0 Å². The molecule has 106 valence electrons. The lowest BCUT2D eigenvalue weighted by Crippen LogP contribution is -2.21. The summed E-state index contributed by atoms with van der Waals surface area (Å²) in [4.78, 5) is 0.